The van der Waals surface area contributed by atoms with Crippen molar-refractivity contribution in [2.75, 3.05) is 13.2 Å². The molecule has 2 nitrogen and oxygen atoms in total. The molecule has 0 radical (unpaired) electrons. The van der Waals surface area contributed by atoms with E-state index in [-0.39, 0.29) is 5.78 Å². The minimum Gasteiger partial charge on any atom is -0.380 e. The summed E-state index contributed by atoms with van der Waals surface area (Å²) in [6, 6.07) is 8.28. The Labute approximate surface area is 83.9 Å². The van der Waals surface area contributed by atoms with Crippen molar-refractivity contribution in [3.05, 3.63) is 35.4 Å². The summed E-state index contributed by atoms with van der Waals surface area (Å²) in [5, 5.41) is 0. The van der Waals surface area contributed by atoms with Gasteiger partial charge in [-0.3, -0.25) is 4.79 Å². The predicted octanol–water partition coefficient (Wildman–Crippen LogP) is 1.93. The Kier molecular flexibility index (Phi) is 2.64. The molecule has 1 aliphatic heterocycles. The van der Waals surface area contributed by atoms with E-state index >= 15 is 0 Å². The summed E-state index contributed by atoms with van der Waals surface area (Å²) in [5.41, 5.74) is 2.42. The van der Waals surface area contributed by atoms with Crippen LogP contribution in [0.5, 0.6) is 0 Å². The number of rotatable bonds is 3. The van der Waals surface area contributed by atoms with Crippen LogP contribution in [-0.4, -0.2) is 19.0 Å². The van der Waals surface area contributed by atoms with E-state index in [4.69, 9.17) is 4.74 Å². The van der Waals surface area contributed by atoms with Crippen molar-refractivity contribution in [3.63, 3.8) is 0 Å². The second-order valence-electron chi connectivity index (χ2n) is 3.85. The van der Waals surface area contributed by atoms with E-state index in [0.29, 0.717) is 12.3 Å². The Morgan fingerprint density at radius 3 is 2.43 bits per heavy atom. The largest absolute Gasteiger partial charge is 0.380 e. The highest BCUT2D eigenvalue weighted by Crippen LogP contribution is 2.23. The molecule has 0 aliphatic carbocycles. The third-order valence-electron chi connectivity index (χ3n) is 2.54. The SMILES string of the molecule is CC(=O)Cc1ccc(C2COC2)cc1. The van der Waals surface area contributed by atoms with Crippen LogP contribution in [0, 0.1) is 0 Å². The Morgan fingerprint density at radius 2 is 2.00 bits per heavy atom. The topological polar surface area (TPSA) is 26.3 Å². The molecule has 1 heterocycles. The number of carbonyl (C=O) groups is 1. The van der Waals surface area contributed by atoms with Crippen molar-refractivity contribution in [2.45, 2.75) is 19.3 Å². The van der Waals surface area contributed by atoms with Crippen molar-refractivity contribution in [2.24, 2.45) is 0 Å². The van der Waals surface area contributed by atoms with Crippen LogP contribution in [0.3, 0.4) is 0 Å². The van der Waals surface area contributed by atoms with E-state index in [0.717, 1.165) is 18.8 Å². The van der Waals surface area contributed by atoms with E-state index < -0.39 is 0 Å². The third kappa shape index (κ3) is 2.02. The zero-order valence-corrected chi connectivity index (χ0v) is 8.32. The van der Waals surface area contributed by atoms with Gasteiger partial charge in [0.25, 0.3) is 0 Å². The molecule has 1 saturated heterocycles. The van der Waals surface area contributed by atoms with Crippen LogP contribution in [0.1, 0.15) is 24.0 Å². The average Bonchev–Trinajstić information content (AvgIpc) is 2.04. The minimum absolute atomic E-state index is 0.213. The number of benzene rings is 1. The fourth-order valence-corrected chi connectivity index (χ4v) is 1.62. The molecule has 1 aromatic rings. The van der Waals surface area contributed by atoms with Gasteiger partial charge >= 0.3 is 0 Å². The smallest absolute Gasteiger partial charge is 0.134 e. The number of hydrogen-bond acceptors (Lipinski definition) is 2. The molecule has 0 unspecified atom stereocenters. The maximum atomic E-state index is 10.9. The van der Waals surface area contributed by atoms with Crippen LogP contribution < -0.4 is 0 Å². The summed E-state index contributed by atoms with van der Waals surface area (Å²) in [7, 11) is 0. The summed E-state index contributed by atoms with van der Waals surface area (Å²) < 4.78 is 5.13. The first-order valence-electron chi connectivity index (χ1n) is 4.92. The number of hydrogen-bond donors (Lipinski definition) is 0. The summed E-state index contributed by atoms with van der Waals surface area (Å²) in [6.45, 7) is 3.30. The minimum atomic E-state index is 0.213. The van der Waals surface area contributed by atoms with Gasteiger partial charge in [0.15, 0.2) is 0 Å². The third-order valence-corrected chi connectivity index (χ3v) is 2.54. The van der Waals surface area contributed by atoms with Gasteiger partial charge in [0, 0.05) is 12.3 Å². The number of ether oxygens (including phenoxy) is 1. The van der Waals surface area contributed by atoms with Crippen LogP contribution in [0.2, 0.25) is 0 Å². The summed E-state index contributed by atoms with van der Waals surface area (Å²) in [4.78, 5) is 10.9. The summed E-state index contributed by atoms with van der Waals surface area (Å²) in [6.07, 6.45) is 0.543. The first kappa shape index (κ1) is 9.41. The number of ketones is 1. The molecule has 14 heavy (non-hydrogen) atoms. The van der Waals surface area contributed by atoms with Crippen LogP contribution >= 0.6 is 0 Å². The molecular weight excluding hydrogens is 176 g/mol. The van der Waals surface area contributed by atoms with E-state index in [1.807, 2.05) is 12.1 Å². The van der Waals surface area contributed by atoms with Gasteiger partial charge < -0.3 is 4.74 Å². The molecule has 0 atom stereocenters. The molecule has 74 valence electrons. The lowest BCUT2D eigenvalue weighted by molar-refractivity contribution is -0.116. The first-order chi connectivity index (χ1) is 6.75. The zero-order valence-electron chi connectivity index (χ0n) is 8.32. The Balaban J connectivity index is 2.05. The first-order valence-corrected chi connectivity index (χ1v) is 4.92. The molecule has 1 fully saturated rings. The van der Waals surface area contributed by atoms with Gasteiger partial charge in [-0.05, 0) is 18.1 Å². The van der Waals surface area contributed by atoms with Crippen molar-refractivity contribution in [1.29, 1.82) is 0 Å². The van der Waals surface area contributed by atoms with E-state index in [1.165, 1.54) is 5.56 Å². The molecule has 1 aliphatic rings. The normalized spacial score (nSPS) is 16.4. The van der Waals surface area contributed by atoms with Gasteiger partial charge in [0.05, 0.1) is 13.2 Å². The lowest BCUT2D eigenvalue weighted by Crippen LogP contribution is -2.24. The molecule has 1 aromatic carbocycles. The molecule has 0 N–H and O–H groups in total. The lowest BCUT2D eigenvalue weighted by Gasteiger charge is -2.26. The fraction of sp³-hybridized carbons (Fsp3) is 0.417. The van der Waals surface area contributed by atoms with Crippen molar-refractivity contribution in [1.82, 2.24) is 0 Å². The van der Waals surface area contributed by atoms with Gasteiger partial charge in [-0.15, -0.1) is 0 Å². The maximum absolute atomic E-state index is 10.9. The molecule has 2 rings (SSSR count). The standard InChI is InChI=1S/C12H14O2/c1-9(13)6-10-2-4-11(5-3-10)12-7-14-8-12/h2-5,12H,6-8H2,1H3. The van der Waals surface area contributed by atoms with Gasteiger partial charge in [-0.1, -0.05) is 24.3 Å². The van der Waals surface area contributed by atoms with Crippen LogP contribution in [-0.2, 0) is 16.0 Å². The molecule has 0 saturated carbocycles. The molecule has 0 aromatic heterocycles. The number of Topliss-reactive ketones (excluding diaryl/α,β-unsaturated/α-hetero) is 1. The Hall–Kier alpha value is -1.15. The monoisotopic (exact) mass is 190 g/mol. The second kappa shape index (κ2) is 3.93. The Bertz CT molecular complexity index is 323. The molecule has 0 amide bonds. The predicted molar refractivity (Wildman–Crippen MR) is 54.4 cm³/mol. The van der Waals surface area contributed by atoms with E-state index in [1.54, 1.807) is 6.92 Å². The van der Waals surface area contributed by atoms with Crippen LogP contribution in [0.15, 0.2) is 24.3 Å². The fourth-order valence-electron chi connectivity index (χ4n) is 1.62. The van der Waals surface area contributed by atoms with Crippen molar-refractivity contribution >= 4 is 5.78 Å². The average molecular weight is 190 g/mol. The molecular formula is C12H14O2. The highest BCUT2D eigenvalue weighted by atomic mass is 16.5. The number of carbonyl (C=O) groups excluding carboxylic acids is 1. The zero-order chi connectivity index (χ0) is 9.97. The summed E-state index contributed by atoms with van der Waals surface area (Å²) in [5.74, 6) is 0.783. The van der Waals surface area contributed by atoms with Gasteiger partial charge in [-0.25, -0.2) is 0 Å². The van der Waals surface area contributed by atoms with Crippen molar-refractivity contribution < 1.29 is 9.53 Å². The van der Waals surface area contributed by atoms with Crippen LogP contribution in [0.25, 0.3) is 0 Å². The maximum Gasteiger partial charge on any atom is 0.134 e. The lowest BCUT2D eigenvalue weighted by atomic mass is 9.96. The summed E-state index contributed by atoms with van der Waals surface area (Å²) >= 11 is 0. The van der Waals surface area contributed by atoms with E-state index in [9.17, 15) is 4.79 Å². The van der Waals surface area contributed by atoms with Gasteiger partial charge in [0.2, 0.25) is 0 Å². The second-order valence-corrected chi connectivity index (χ2v) is 3.85. The molecule has 2 heteroatoms. The van der Waals surface area contributed by atoms with Gasteiger partial charge in [-0.2, -0.15) is 0 Å². The van der Waals surface area contributed by atoms with Crippen molar-refractivity contribution in [3.8, 4) is 0 Å². The molecule has 0 bridgehead atoms. The Morgan fingerprint density at radius 1 is 1.36 bits per heavy atom. The highest BCUT2D eigenvalue weighted by Gasteiger charge is 2.19. The van der Waals surface area contributed by atoms with E-state index in [2.05, 4.69) is 12.1 Å². The highest BCUT2D eigenvalue weighted by molar-refractivity contribution is 5.78. The van der Waals surface area contributed by atoms with Gasteiger partial charge in [0.1, 0.15) is 5.78 Å². The van der Waals surface area contributed by atoms with Crippen LogP contribution in [0.4, 0.5) is 0 Å². The molecule has 0 spiro atoms. The quantitative estimate of drug-likeness (QED) is 0.728.